The van der Waals surface area contributed by atoms with Gasteiger partial charge in [-0.05, 0) is 50.3 Å². The van der Waals surface area contributed by atoms with Crippen molar-refractivity contribution < 1.29 is 23.0 Å². The number of esters is 1. The molecule has 1 saturated carbocycles. The van der Waals surface area contributed by atoms with E-state index in [2.05, 4.69) is 0 Å². The second-order valence-electron chi connectivity index (χ2n) is 6.68. The quantitative estimate of drug-likeness (QED) is 0.712. The first kappa shape index (κ1) is 18.0. The van der Waals surface area contributed by atoms with Crippen LogP contribution in [-0.2, 0) is 4.74 Å². The molecular weight excluding hydrogens is 328 g/mol. The third-order valence-corrected chi connectivity index (χ3v) is 4.78. The third-order valence-electron chi connectivity index (χ3n) is 4.78. The summed E-state index contributed by atoms with van der Waals surface area (Å²) in [6, 6.07) is 3.69. The predicted molar refractivity (Wildman–Crippen MR) is 91.9 cm³/mol. The van der Waals surface area contributed by atoms with Gasteiger partial charge >= 0.3 is 5.97 Å². The second-order valence-corrected chi connectivity index (χ2v) is 6.68. The van der Waals surface area contributed by atoms with E-state index >= 15 is 0 Å². The Morgan fingerprint density at radius 2 is 1.88 bits per heavy atom. The SMILES string of the molecule is CCOC(=O)c1cc(OCC)c(N2CCC(F)(F)CC2)cc1C1CC1. The lowest BCUT2D eigenvalue weighted by atomic mass is 9.99. The number of rotatable bonds is 6. The molecule has 1 aliphatic heterocycles. The number of anilines is 1. The third kappa shape index (κ3) is 4.05. The van der Waals surface area contributed by atoms with Gasteiger partial charge in [-0.2, -0.15) is 0 Å². The van der Waals surface area contributed by atoms with Crippen LogP contribution in [0, 0.1) is 0 Å². The van der Waals surface area contributed by atoms with Gasteiger partial charge in [-0.25, -0.2) is 13.6 Å². The van der Waals surface area contributed by atoms with E-state index in [-0.39, 0.29) is 31.9 Å². The molecule has 1 heterocycles. The standard InChI is InChI=1S/C19H25F2NO3/c1-3-24-17-12-15(18(23)25-4-2)14(13-5-6-13)11-16(17)22-9-7-19(20,21)8-10-22/h11-13H,3-10H2,1-2H3. The zero-order valence-corrected chi connectivity index (χ0v) is 14.8. The van der Waals surface area contributed by atoms with Gasteiger partial charge < -0.3 is 14.4 Å². The summed E-state index contributed by atoms with van der Waals surface area (Å²) in [7, 11) is 0. The van der Waals surface area contributed by atoms with Crippen LogP contribution in [0.4, 0.5) is 14.5 Å². The molecule has 3 rings (SSSR count). The van der Waals surface area contributed by atoms with Gasteiger partial charge in [-0.15, -0.1) is 0 Å². The molecule has 1 aliphatic carbocycles. The molecule has 2 aliphatic rings. The van der Waals surface area contributed by atoms with Gasteiger partial charge in [0.25, 0.3) is 5.92 Å². The fraction of sp³-hybridized carbons (Fsp3) is 0.632. The van der Waals surface area contributed by atoms with Crippen LogP contribution in [-0.4, -0.2) is 38.2 Å². The molecule has 2 fully saturated rings. The predicted octanol–water partition coefficient (Wildman–Crippen LogP) is 4.37. The van der Waals surface area contributed by atoms with Gasteiger partial charge in [0.15, 0.2) is 0 Å². The number of ether oxygens (including phenoxy) is 2. The highest BCUT2D eigenvalue weighted by molar-refractivity contribution is 5.93. The Morgan fingerprint density at radius 3 is 2.44 bits per heavy atom. The van der Waals surface area contributed by atoms with Crippen LogP contribution in [0.15, 0.2) is 12.1 Å². The van der Waals surface area contributed by atoms with Crippen molar-refractivity contribution in [3.05, 3.63) is 23.3 Å². The molecule has 0 radical (unpaired) electrons. The van der Waals surface area contributed by atoms with Crippen LogP contribution < -0.4 is 9.64 Å². The summed E-state index contributed by atoms with van der Waals surface area (Å²) in [6.07, 6.45) is 1.77. The summed E-state index contributed by atoms with van der Waals surface area (Å²) in [6.45, 7) is 4.98. The molecule has 1 aromatic rings. The Morgan fingerprint density at radius 1 is 1.20 bits per heavy atom. The zero-order valence-electron chi connectivity index (χ0n) is 14.8. The number of carbonyl (C=O) groups excluding carboxylic acids is 1. The van der Waals surface area contributed by atoms with Gasteiger partial charge in [0.05, 0.1) is 24.5 Å². The summed E-state index contributed by atoms with van der Waals surface area (Å²) in [5.74, 6) is -2.02. The minimum absolute atomic E-state index is 0.156. The molecule has 0 bridgehead atoms. The van der Waals surface area contributed by atoms with Gasteiger partial charge in [0.2, 0.25) is 0 Å². The lowest BCUT2D eigenvalue weighted by molar-refractivity contribution is -0.0221. The maximum Gasteiger partial charge on any atom is 0.338 e. The Bertz CT molecular complexity index is 634. The van der Waals surface area contributed by atoms with E-state index in [1.807, 2.05) is 17.9 Å². The highest BCUT2D eigenvalue weighted by Crippen LogP contribution is 2.46. The van der Waals surface area contributed by atoms with Crippen molar-refractivity contribution in [2.75, 3.05) is 31.2 Å². The van der Waals surface area contributed by atoms with Crippen molar-refractivity contribution in [3.63, 3.8) is 0 Å². The van der Waals surface area contributed by atoms with E-state index < -0.39 is 5.92 Å². The topological polar surface area (TPSA) is 38.8 Å². The molecule has 1 saturated heterocycles. The molecule has 0 aromatic heterocycles. The van der Waals surface area contributed by atoms with E-state index in [4.69, 9.17) is 9.47 Å². The number of benzene rings is 1. The highest BCUT2D eigenvalue weighted by Gasteiger charge is 2.36. The maximum atomic E-state index is 13.5. The van der Waals surface area contributed by atoms with Crippen LogP contribution in [0.1, 0.15) is 61.4 Å². The number of piperidine rings is 1. The molecule has 1 aromatic carbocycles. The summed E-state index contributed by atoms with van der Waals surface area (Å²) >= 11 is 0. The first-order valence-corrected chi connectivity index (χ1v) is 9.05. The van der Waals surface area contributed by atoms with E-state index in [9.17, 15) is 13.6 Å². The summed E-state index contributed by atoms with van der Waals surface area (Å²) in [4.78, 5) is 14.3. The summed E-state index contributed by atoms with van der Waals surface area (Å²) in [5.41, 5.74) is 2.31. The molecule has 4 nitrogen and oxygen atoms in total. The Kier molecular flexibility index (Phi) is 5.16. The Labute approximate surface area is 147 Å². The van der Waals surface area contributed by atoms with Crippen LogP contribution in [0.5, 0.6) is 5.75 Å². The average molecular weight is 353 g/mol. The summed E-state index contributed by atoms with van der Waals surface area (Å²) in [5, 5.41) is 0. The first-order chi connectivity index (χ1) is 11.9. The smallest absolute Gasteiger partial charge is 0.338 e. The number of hydrogen-bond acceptors (Lipinski definition) is 4. The fourth-order valence-corrected chi connectivity index (χ4v) is 3.30. The molecule has 0 atom stereocenters. The van der Waals surface area contributed by atoms with Gasteiger partial charge in [-0.1, -0.05) is 0 Å². The van der Waals surface area contributed by atoms with E-state index in [0.717, 1.165) is 24.1 Å². The van der Waals surface area contributed by atoms with Crippen molar-refractivity contribution in [3.8, 4) is 5.75 Å². The molecule has 0 unspecified atom stereocenters. The lowest BCUT2D eigenvalue weighted by Crippen LogP contribution is -2.39. The van der Waals surface area contributed by atoms with Crippen molar-refractivity contribution in [1.82, 2.24) is 0 Å². The number of carbonyl (C=O) groups is 1. The Hall–Kier alpha value is -1.85. The fourth-order valence-electron chi connectivity index (χ4n) is 3.30. The molecule has 0 N–H and O–H groups in total. The molecule has 138 valence electrons. The molecule has 25 heavy (non-hydrogen) atoms. The minimum Gasteiger partial charge on any atom is -0.492 e. The minimum atomic E-state index is -2.59. The van der Waals surface area contributed by atoms with Crippen molar-refractivity contribution in [2.24, 2.45) is 0 Å². The monoisotopic (exact) mass is 353 g/mol. The van der Waals surface area contributed by atoms with Crippen molar-refractivity contribution in [1.29, 1.82) is 0 Å². The van der Waals surface area contributed by atoms with Crippen molar-refractivity contribution >= 4 is 11.7 Å². The molecule has 0 amide bonds. The van der Waals surface area contributed by atoms with Crippen LogP contribution >= 0.6 is 0 Å². The first-order valence-electron chi connectivity index (χ1n) is 9.05. The van der Waals surface area contributed by atoms with Crippen LogP contribution in [0.25, 0.3) is 0 Å². The van der Waals surface area contributed by atoms with Gasteiger partial charge in [0.1, 0.15) is 5.75 Å². The van der Waals surface area contributed by atoms with Gasteiger partial charge in [0, 0.05) is 25.9 Å². The number of hydrogen-bond donors (Lipinski definition) is 0. The molecular formula is C19H25F2NO3. The van der Waals surface area contributed by atoms with E-state index in [1.54, 1.807) is 13.0 Å². The largest absolute Gasteiger partial charge is 0.492 e. The zero-order chi connectivity index (χ0) is 18.0. The van der Waals surface area contributed by atoms with E-state index in [1.165, 1.54) is 0 Å². The van der Waals surface area contributed by atoms with E-state index in [0.29, 0.717) is 30.4 Å². The summed E-state index contributed by atoms with van der Waals surface area (Å²) < 4.78 is 37.9. The van der Waals surface area contributed by atoms with Crippen LogP contribution in [0.2, 0.25) is 0 Å². The normalized spacial score (nSPS) is 19.6. The number of alkyl halides is 2. The number of nitrogens with zero attached hydrogens (tertiary/aromatic N) is 1. The molecule has 6 heteroatoms. The average Bonchev–Trinajstić information content (AvgIpc) is 3.40. The second kappa shape index (κ2) is 7.18. The van der Waals surface area contributed by atoms with Gasteiger partial charge in [-0.3, -0.25) is 0 Å². The lowest BCUT2D eigenvalue weighted by Gasteiger charge is -2.34. The number of halogens is 2. The maximum absolute atomic E-state index is 13.5. The Balaban J connectivity index is 1.96. The highest BCUT2D eigenvalue weighted by atomic mass is 19.3. The van der Waals surface area contributed by atoms with Crippen molar-refractivity contribution in [2.45, 2.75) is 51.4 Å². The van der Waals surface area contributed by atoms with Crippen LogP contribution in [0.3, 0.4) is 0 Å². The molecule has 0 spiro atoms.